The largest absolute Gasteiger partial charge is 0.492 e. The van der Waals surface area contributed by atoms with Crippen LogP contribution in [0.25, 0.3) is 0 Å². The number of carbonyl (C=O) groups is 1. The van der Waals surface area contributed by atoms with Crippen LogP contribution >= 0.6 is 0 Å². The molecule has 2 saturated heterocycles. The van der Waals surface area contributed by atoms with Crippen LogP contribution < -0.4 is 4.74 Å². The van der Waals surface area contributed by atoms with Gasteiger partial charge in [0.25, 0.3) is 5.91 Å². The third-order valence-corrected chi connectivity index (χ3v) is 5.13. The zero-order chi connectivity index (χ0) is 17.3. The summed E-state index contributed by atoms with van der Waals surface area (Å²) >= 11 is 0. The number of nitrogens with zero attached hydrogens (tertiary/aromatic N) is 4. The molecule has 0 radical (unpaired) electrons. The standard InChI is InChI=1S/C18H22N4O3/c1-21-11-14(9-20-21)17(23)22-12-18(13-22)15(5-8-25-18)4-7-24-16-3-2-6-19-10-16/h2-3,6,9-11,15H,4-5,7-8,12-13H2,1H3/t15-/m1/s1. The molecule has 2 aliphatic rings. The van der Waals surface area contributed by atoms with E-state index in [9.17, 15) is 4.79 Å². The van der Waals surface area contributed by atoms with Gasteiger partial charge in [0.2, 0.25) is 0 Å². The van der Waals surface area contributed by atoms with Gasteiger partial charge in [-0.15, -0.1) is 0 Å². The van der Waals surface area contributed by atoms with Crippen molar-refractivity contribution in [1.82, 2.24) is 19.7 Å². The van der Waals surface area contributed by atoms with Crippen molar-refractivity contribution in [1.29, 1.82) is 0 Å². The summed E-state index contributed by atoms with van der Waals surface area (Å²) in [6, 6.07) is 3.77. The van der Waals surface area contributed by atoms with Crippen LogP contribution in [-0.4, -0.2) is 57.5 Å². The van der Waals surface area contributed by atoms with Gasteiger partial charge in [-0.25, -0.2) is 0 Å². The number of carbonyl (C=O) groups excluding carboxylic acids is 1. The number of rotatable bonds is 5. The summed E-state index contributed by atoms with van der Waals surface area (Å²) in [7, 11) is 1.81. The van der Waals surface area contributed by atoms with Gasteiger partial charge in [0.1, 0.15) is 11.4 Å². The average molecular weight is 342 g/mol. The minimum absolute atomic E-state index is 0.0274. The molecule has 25 heavy (non-hydrogen) atoms. The van der Waals surface area contributed by atoms with E-state index in [0.717, 1.165) is 25.2 Å². The number of ether oxygens (including phenoxy) is 2. The monoisotopic (exact) mass is 342 g/mol. The summed E-state index contributed by atoms with van der Waals surface area (Å²) in [5.74, 6) is 1.24. The van der Waals surface area contributed by atoms with Crippen LogP contribution in [-0.2, 0) is 11.8 Å². The highest BCUT2D eigenvalue weighted by Crippen LogP contribution is 2.42. The summed E-state index contributed by atoms with van der Waals surface area (Å²) < 4.78 is 13.4. The number of likely N-dealkylation sites (tertiary alicyclic amines) is 1. The zero-order valence-electron chi connectivity index (χ0n) is 14.3. The number of aromatic nitrogens is 3. The lowest BCUT2D eigenvalue weighted by Gasteiger charge is -2.50. The predicted octanol–water partition coefficient (Wildman–Crippen LogP) is 1.52. The molecule has 132 valence electrons. The number of hydrogen-bond acceptors (Lipinski definition) is 5. The van der Waals surface area contributed by atoms with Crippen molar-refractivity contribution < 1.29 is 14.3 Å². The first-order valence-corrected chi connectivity index (χ1v) is 8.61. The van der Waals surface area contributed by atoms with Gasteiger partial charge in [0, 0.05) is 26.0 Å². The number of amides is 1. The summed E-state index contributed by atoms with van der Waals surface area (Å²) in [6.45, 7) is 2.70. The van der Waals surface area contributed by atoms with Crippen LogP contribution in [0.4, 0.5) is 0 Å². The molecule has 2 aliphatic heterocycles. The highest BCUT2D eigenvalue weighted by Gasteiger charge is 2.54. The molecule has 0 aromatic carbocycles. The van der Waals surface area contributed by atoms with Crippen molar-refractivity contribution in [2.24, 2.45) is 13.0 Å². The highest BCUT2D eigenvalue weighted by molar-refractivity contribution is 5.94. The molecule has 4 heterocycles. The lowest BCUT2D eigenvalue weighted by Crippen LogP contribution is -2.66. The Hall–Kier alpha value is -2.41. The fourth-order valence-electron chi connectivity index (χ4n) is 3.75. The third kappa shape index (κ3) is 3.11. The fraction of sp³-hybridized carbons (Fsp3) is 0.500. The number of aryl methyl sites for hydroxylation is 1. The second-order valence-electron chi connectivity index (χ2n) is 6.79. The maximum Gasteiger partial charge on any atom is 0.257 e. The van der Waals surface area contributed by atoms with Gasteiger partial charge in [-0.2, -0.15) is 5.10 Å². The van der Waals surface area contributed by atoms with Crippen molar-refractivity contribution in [2.75, 3.05) is 26.3 Å². The summed E-state index contributed by atoms with van der Waals surface area (Å²) in [5.41, 5.74) is 0.433. The second kappa shape index (κ2) is 6.48. The van der Waals surface area contributed by atoms with Crippen molar-refractivity contribution in [3.05, 3.63) is 42.5 Å². The quantitative estimate of drug-likeness (QED) is 0.824. The number of hydrogen-bond donors (Lipinski definition) is 0. The van der Waals surface area contributed by atoms with Gasteiger partial charge in [-0.05, 0) is 30.9 Å². The average Bonchev–Trinajstić information content (AvgIpc) is 3.20. The Morgan fingerprint density at radius 3 is 3.04 bits per heavy atom. The maximum atomic E-state index is 12.5. The Balaban J connectivity index is 1.31. The second-order valence-corrected chi connectivity index (χ2v) is 6.79. The first-order valence-electron chi connectivity index (χ1n) is 8.61. The summed E-state index contributed by atoms with van der Waals surface area (Å²) in [6.07, 6.45) is 8.76. The van der Waals surface area contributed by atoms with E-state index in [1.165, 1.54) is 0 Å². The molecule has 7 nitrogen and oxygen atoms in total. The van der Waals surface area contributed by atoms with Crippen LogP contribution in [0.2, 0.25) is 0 Å². The molecule has 0 bridgehead atoms. The highest BCUT2D eigenvalue weighted by atomic mass is 16.5. The lowest BCUT2D eigenvalue weighted by atomic mass is 9.79. The van der Waals surface area contributed by atoms with Crippen molar-refractivity contribution in [3.8, 4) is 5.75 Å². The van der Waals surface area contributed by atoms with Crippen LogP contribution in [0.15, 0.2) is 36.9 Å². The molecule has 2 aromatic rings. The number of pyridine rings is 1. The third-order valence-electron chi connectivity index (χ3n) is 5.13. The van der Waals surface area contributed by atoms with Gasteiger partial charge in [-0.1, -0.05) is 0 Å². The summed E-state index contributed by atoms with van der Waals surface area (Å²) in [4.78, 5) is 18.4. The van der Waals surface area contributed by atoms with Gasteiger partial charge in [0.05, 0.1) is 37.7 Å². The minimum atomic E-state index is -0.198. The lowest BCUT2D eigenvalue weighted by molar-refractivity contribution is -0.119. The Morgan fingerprint density at radius 2 is 2.32 bits per heavy atom. The normalized spacial score (nSPS) is 21.3. The van der Waals surface area contributed by atoms with Gasteiger partial charge < -0.3 is 14.4 Å². The van der Waals surface area contributed by atoms with Crippen LogP contribution in [0, 0.1) is 5.92 Å². The molecule has 4 rings (SSSR count). The molecule has 1 spiro atoms. The Morgan fingerprint density at radius 1 is 1.44 bits per heavy atom. The van der Waals surface area contributed by atoms with Crippen molar-refractivity contribution >= 4 is 5.91 Å². The molecule has 2 aromatic heterocycles. The molecule has 0 saturated carbocycles. The SMILES string of the molecule is Cn1cc(C(=O)N2CC3(C2)OCC[C@H]3CCOc2cccnc2)cn1. The minimum Gasteiger partial charge on any atom is -0.492 e. The predicted molar refractivity (Wildman–Crippen MR) is 90.3 cm³/mol. The zero-order valence-corrected chi connectivity index (χ0v) is 14.3. The molecule has 1 atom stereocenters. The van der Waals surface area contributed by atoms with Gasteiger partial charge >= 0.3 is 0 Å². The smallest absolute Gasteiger partial charge is 0.257 e. The molecule has 7 heteroatoms. The molecule has 2 fully saturated rings. The fourth-order valence-corrected chi connectivity index (χ4v) is 3.75. The Bertz CT molecular complexity index is 740. The van der Waals surface area contributed by atoms with Crippen LogP contribution in [0.5, 0.6) is 5.75 Å². The first-order chi connectivity index (χ1) is 12.2. The summed E-state index contributed by atoms with van der Waals surface area (Å²) in [5, 5.41) is 4.07. The van der Waals surface area contributed by atoms with E-state index in [1.54, 1.807) is 29.5 Å². The Kier molecular flexibility index (Phi) is 4.17. The van der Waals surface area contributed by atoms with E-state index < -0.39 is 0 Å². The van der Waals surface area contributed by atoms with Crippen molar-refractivity contribution in [3.63, 3.8) is 0 Å². The maximum absolute atomic E-state index is 12.5. The molecule has 0 aliphatic carbocycles. The van der Waals surface area contributed by atoms with Gasteiger partial charge in [-0.3, -0.25) is 14.5 Å². The molecule has 1 amide bonds. The molecule has 0 unspecified atom stereocenters. The van der Waals surface area contributed by atoms with E-state index in [1.807, 2.05) is 24.1 Å². The molecular formula is C18H22N4O3. The van der Waals surface area contributed by atoms with Gasteiger partial charge in [0.15, 0.2) is 0 Å². The van der Waals surface area contributed by atoms with Crippen LogP contribution in [0.3, 0.4) is 0 Å². The van der Waals surface area contributed by atoms with E-state index >= 15 is 0 Å². The topological polar surface area (TPSA) is 69.5 Å². The molecule has 0 N–H and O–H groups in total. The molecular weight excluding hydrogens is 320 g/mol. The van der Waals surface area contributed by atoms with E-state index in [0.29, 0.717) is 31.2 Å². The van der Waals surface area contributed by atoms with E-state index in [4.69, 9.17) is 9.47 Å². The van der Waals surface area contributed by atoms with Crippen LogP contribution in [0.1, 0.15) is 23.2 Å². The van der Waals surface area contributed by atoms with E-state index in [-0.39, 0.29) is 11.5 Å². The van der Waals surface area contributed by atoms with E-state index in [2.05, 4.69) is 10.1 Å². The van der Waals surface area contributed by atoms with Crippen molar-refractivity contribution in [2.45, 2.75) is 18.4 Å². The Labute approximate surface area is 146 Å². The first kappa shape index (κ1) is 16.1.